The molecule has 0 saturated heterocycles. The highest BCUT2D eigenvalue weighted by molar-refractivity contribution is 8.77. The molecule has 14 heavy (non-hydrogen) atoms. The van der Waals surface area contributed by atoms with Gasteiger partial charge < -0.3 is 0 Å². The summed E-state index contributed by atoms with van der Waals surface area (Å²) < 4.78 is 0.311. The van der Waals surface area contributed by atoms with Gasteiger partial charge in [-0.05, 0) is 18.1 Å². The number of hydrogen-bond donors (Lipinski definition) is 0. The van der Waals surface area contributed by atoms with E-state index in [1.54, 1.807) is 0 Å². The van der Waals surface area contributed by atoms with Crippen molar-refractivity contribution < 1.29 is 0 Å². The van der Waals surface area contributed by atoms with Crippen LogP contribution in [0.2, 0.25) is 0 Å². The lowest BCUT2D eigenvalue weighted by Crippen LogP contribution is -2.04. The third-order valence-corrected chi connectivity index (χ3v) is 5.03. The van der Waals surface area contributed by atoms with Crippen molar-refractivity contribution in [2.75, 3.05) is 0 Å². The topological polar surface area (TPSA) is 0 Å². The summed E-state index contributed by atoms with van der Waals surface area (Å²) in [6.07, 6.45) is 2.16. The van der Waals surface area contributed by atoms with Crippen LogP contribution in [0.5, 0.6) is 0 Å². The Labute approximate surface area is 95.3 Å². The lowest BCUT2D eigenvalue weighted by molar-refractivity contribution is 0.810. The molecule has 0 heterocycles. The van der Waals surface area contributed by atoms with Crippen molar-refractivity contribution in [3.05, 3.63) is 36.2 Å². The second-order valence-electron chi connectivity index (χ2n) is 4.11. The van der Waals surface area contributed by atoms with Gasteiger partial charge in [0.05, 0.1) is 0 Å². The predicted molar refractivity (Wildman–Crippen MR) is 68.7 cm³/mol. The summed E-state index contributed by atoms with van der Waals surface area (Å²) in [5.41, 5.74) is 1.33. The molecule has 0 aliphatic rings. The molecule has 0 spiro atoms. The van der Waals surface area contributed by atoms with Crippen LogP contribution in [0.4, 0.5) is 0 Å². The van der Waals surface area contributed by atoms with Gasteiger partial charge in [-0.2, -0.15) is 0 Å². The maximum absolute atomic E-state index is 2.24. The zero-order valence-corrected chi connectivity index (χ0v) is 10.8. The Morgan fingerprint density at radius 2 is 1.79 bits per heavy atom. The van der Waals surface area contributed by atoms with Crippen molar-refractivity contribution in [3.63, 3.8) is 0 Å². The average molecular weight is 225 g/mol. The first-order chi connectivity index (χ1) is 6.53. The van der Waals surface area contributed by atoms with E-state index >= 15 is 0 Å². The van der Waals surface area contributed by atoms with Crippen LogP contribution in [-0.2, 0) is 0 Å². The Hall–Kier alpha value is -0.0800. The van der Waals surface area contributed by atoms with Crippen LogP contribution < -0.4 is 0 Å². The summed E-state index contributed by atoms with van der Waals surface area (Å²) >= 11 is 0. The molecule has 1 rings (SSSR count). The fourth-order valence-electron chi connectivity index (χ4n) is 0.965. The molecule has 1 aromatic rings. The molecule has 0 amide bonds. The second-order valence-corrected chi connectivity index (χ2v) is 7.10. The van der Waals surface area contributed by atoms with Crippen molar-refractivity contribution in [2.45, 2.75) is 37.3 Å². The summed E-state index contributed by atoms with van der Waals surface area (Å²) in [4.78, 5) is 1.36. The van der Waals surface area contributed by atoms with Gasteiger partial charge in [-0.1, -0.05) is 67.5 Å². The molecule has 1 aromatic carbocycles. The third kappa shape index (κ3) is 3.97. The molecule has 0 aliphatic heterocycles. The van der Waals surface area contributed by atoms with Gasteiger partial charge in [0.1, 0.15) is 0 Å². The minimum atomic E-state index is 0.311. The van der Waals surface area contributed by atoms with Crippen LogP contribution in [0.15, 0.2) is 29.2 Å². The highest BCUT2D eigenvalue weighted by Crippen LogP contribution is 2.41. The quantitative estimate of drug-likeness (QED) is 0.678. The molecule has 0 bridgehead atoms. The first kappa shape index (κ1) is 12.0. The molecule has 0 saturated carbocycles. The number of benzene rings is 1. The number of hydrogen-bond acceptors (Lipinski definition) is 2. The lowest BCUT2D eigenvalue weighted by atomic mass is 10.2. The molecule has 0 unspecified atom stereocenters. The Kier molecular flexibility index (Phi) is 4.39. The van der Waals surface area contributed by atoms with Crippen LogP contribution in [0, 0.1) is 6.42 Å². The SMILES string of the molecule is C[CH]c1ccccc1SSC(C)(C)C. The van der Waals surface area contributed by atoms with Crippen molar-refractivity contribution in [1.29, 1.82) is 0 Å². The number of rotatable bonds is 3. The maximum Gasteiger partial charge on any atom is 0.0217 e. The normalized spacial score (nSPS) is 11.7. The van der Waals surface area contributed by atoms with Crippen LogP contribution >= 0.6 is 21.6 Å². The van der Waals surface area contributed by atoms with E-state index < -0.39 is 0 Å². The third-order valence-electron chi connectivity index (χ3n) is 1.61. The van der Waals surface area contributed by atoms with Crippen molar-refractivity contribution in [3.8, 4) is 0 Å². The van der Waals surface area contributed by atoms with Gasteiger partial charge in [0.15, 0.2) is 0 Å². The maximum atomic E-state index is 2.24. The monoisotopic (exact) mass is 225 g/mol. The van der Waals surface area contributed by atoms with Gasteiger partial charge in [0, 0.05) is 9.64 Å². The zero-order valence-electron chi connectivity index (χ0n) is 9.20. The van der Waals surface area contributed by atoms with Gasteiger partial charge >= 0.3 is 0 Å². The standard InChI is InChI=1S/C12H17S2/c1-5-10-8-6-7-9-11(10)13-14-12(2,3)4/h5-9H,1-4H3. The van der Waals surface area contributed by atoms with Gasteiger partial charge in [0.2, 0.25) is 0 Å². The Bertz CT molecular complexity index is 287. The zero-order chi connectivity index (χ0) is 10.6. The fraction of sp³-hybridized carbons (Fsp3) is 0.417. The van der Waals surface area contributed by atoms with E-state index in [-0.39, 0.29) is 0 Å². The van der Waals surface area contributed by atoms with Gasteiger partial charge in [-0.25, -0.2) is 0 Å². The summed E-state index contributed by atoms with van der Waals surface area (Å²) in [5, 5.41) is 0. The van der Waals surface area contributed by atoms with Gasteiger partial charge in [-0.3, -0.25) is 0 Å². The van der Waals surface area contributed by atoms with E-state index in [1.165, 1.54) is 10.5 Å². The van der Waals surface area contributed by atoms with E-state index in [2.05, 4.69) is 58.4 Å². The largest absolute Gasteiger partial charge is 0.0830 e. The lowest BCUT2D eigenvalue weighted by Gasteiger charge is -2.17. The molecule has 2 heteroatoms. The summed E-state index contributed by atoms with van der Waals surface area (Å²) in [6, 6.07) is 8.52. The molecule has 0 aromatic heterocycles. The Balaban J connectivity index is 2.67. The fourth-order valence-corrected chi connectivity index (χ4v) is 3.20. The first-order valence-electron chi connectivity index (χ1n) is 4.77. The summed E-state index contributed by atoms with van der Waals surface area (Å²) in [7, 11) is 3.78. The van der Waals surface area contributed by atoms with E-state index in [1.807, 2.05) is 21.6 Å². The minimum Gasteiger partial charge on any atom is -0.0830 e. The summed E-state index contributed by atoms with van der Waals surface area (Å²) in [5.74, 6) is 0. The molecule has 0 N–H and O–H groups in total. The van der Waals surface area contributed by atoms with Crippen LogP contribution in [0.3, 0.4) is 0 Å². The van der Waals surface area contributed by atoms with Gasteiger partial charge in [0.25, 0.3) is 0 Å². The van der Waals surface area contributed by atoms with E-state index in [0.29, 0.717) is 4.75 Å². The molecule has 0 fully saturated rings. The molecule has 0 nitrogen and oxygen atoms in total. The second kappa shape index (κ2) is 5.13. The Morgan fingerprint density at radius 3 is 2.36 bits per heavy atom. The molecule has 77 valence electrons. The van der Waals surface area contributed by atoms with E-state index in [9.17, 15) is 0 Å². The molecule has 0 atom stereocenters. The van der Waals surface area contributed by atoms with Crippen molar-refractivity contribution in [1.82, 2.24) is 0 Å². The highest BCUT2D eigenvalue weighted by atomic mass is 33.1. The molecule has 0 aliphatic carbocycles. The molecule has 1 radical (unpaired) electrons. The summed E-state index contributed by atoms with van der Waals surface area (Å²) in [6.45, 7) is 8.80. The predicted octanol–water partition coefficient (Wildman–Crippen LogP) is 4.80. The van der Waals surface area contributed by atoms with E-state index in [0.717, 1.165) is 0 Å². The van der Waals surface area contributed by atoms with Crippen molar-refractivity contribution >= 4 is 21.6 Å². The molecular weight excluding hydrogens is 208 g/mol. The van der Waals surface area contributed by atoms with Crippen LogP contribution in [0.1, 0.15) is 33.3 Å². The first-order valence-corrected chi connectivity index (χ1v) is 6.92. The highest BCUT2D eigenvalue weighted by Gasteiger charge is 2.12. The van der Waals surface area contributed by atoms with Gasteiger partial charge in [-0.15, -0.1) is 0 Å². The minimum absolute atomic E-state index is 0.311. The average Bonchev–Trinajstić information content (AvgIpc) is 2.14. The van der Waals surface area contributed by atoms with Crippen molar-refractivity contribution in [2.24, 2.45) is 0 Å². The smallest absolute Gasteiger partial charge is 0.0217 e. The Morgan fingerprint density at radius 1 is 1.14 bits per heavy atom. The van der Waals surface area contributed by atoms with Crippen LogP contribution in [-0.4, -0.2) is 4.75 Å². The van der Waals surface area contributed by atoms with E-state index in [4.69, 9.17) is 0 Å². The van der Waals surface area contributed by atoms with Crippen LogP contribution in [0.25, 0.3) is 0 Å². The molecular formula is C12H17S2.